The predicted octanol–water partition coefficient (Wildman–Crippen LogP) is 1.60. The first-order chi connectivity index (χ1) is 12.5. The Morgan fingerprint density at radius 1 is 1.04 bits per heavy atom. The van der Waals surface area contributed by atoms with Crippen molar-refractivity contribution in [2.24, 2.45) is 5.41 Å². The lowest BCUT2D eigenvalue weighted by molar-refractivity contribution is -0.149. The summed E-state index contributed by atoms with van der Waals surface area (Å²) >= 11 is 0. The van der Waals surface area contributed by atoms with Gasteiger partial charge in [-0.1, -0.05) is 19.3 Å². The first-order valence-electron chi connectivity index (χ1n) is 9.61. The Hall–Kier alpha value is -2.18. The number of rotatable bonds is 4. The zero-order valence-corrected chi connectivity index (χ0v) is 15.8. The summed E-state index contributed by atoms with van der Waals surface area (Å²) in [6.07, 6.45) is 9.03. The number of hydrogen-bond acceptors (Lipinski definition) is 5. The minimum absolute atomic E-state index is 0.0977. The Labute approximate surface area is 155 Å². The normalized spacial score (nSPS) is 19.3. The monoisotopic (exact) mass is 359 g/mol. The van der Waals surface area contributed by atoms with Crippen LogP contribution in [0.5, 0.6) is 0 Å². The Balaban J connectivity index is 1.55. The van der Waals surface area contributed by atoms with Crippen LogP contribution in [0.4, 0.5) is 5.95 Å². The van der Waals surface area contributed by atoms with Crippen molar-refractivity contribution in [2.75, 3.05) is 31.1 Å². The molecule has 1 saturated carbocycles. The summed E-state index contributed by atoms with van der Waals surface area (Å²) in [6.45, 7) is 5.99. The lowest BCUT2D eigenvalue weighted by Crippen LogP contribution is -2.56. The van der Waals surface area contributed by atoms with Crippen LogP contribution in [0.25, 0.3) is 0 Å². The SMILES string of the molecule is CC(C)(C(=O)NC1CCCCC1)C(=O)N1CCN(c2ncccn2)CC1. The fourth-order valence-corrected chi connectivity index (χ4v) is 3.67. The molecule has 1 aromatic heterocycles. The topological polar surface area (TPSA) is 78.4 Å². The molecule has 26 heavy (non-hydrogen) atoms. The van der Waals surface area contributed by atoms with Gasteiger partial charge in [-0.3, -0.25) is 9.59 Å². The van der Waals surface area contributed by atoms with Crippen LogP contribution in [-0.4, -0.2) is 58.9 Å². The average molecular weight is 359 g/mol. The first kappa shape index (κ1) is 18.6. The van der Waals surface area contributed by atoms with Crippen molar-refractivity contribution in [3.63, 3.8) is 0 Å². The second-order valence-corrected chi connectivity index (χ2v) is 7.76. The molecule has 142 valence electrons. The molecule has 3 rings (SSSR count). The van der Waals surface area contributed by atoms with Gasteiger partial charge in [-0.05, 0) is 32.8 Å². The number of hydrogen-bond donors (Lipinski definition) is 1. The molecule has 2 aliphatic rings. The minimum Gasteiger partial charge on any atom is -0.352 e. The van der Waals surface area contributed by atoms with Gasteiger partial charge >= 0.3 is 0 Å². The number of amides is 2. The molecule has 0 atom stereocenters. The van der Waals surface area contributed by atoms with Crippen molar-refractivity contribution in [3.05, 3.63) is 18.5 Å². The van der Waals surface area contributed by atoms with Gasteiger partial charge in [0.15, 0.2) is 0 Å². The third-order valence-electron chi connectivity index (χ3n) is 5.44. The highest BCUT2D eigenvalue weighted by Gasteiger charge is 2.40. The molecular formula is C19H29N5O2. The van der Waals surface area contributed by atoms with Gasteiger partial charge in [-0.2, -0.15) is 0 Å². The molecule has 7 heteroatoms. The Bertz CT molecular complexity index is 620. The maximum absolute atomic E-state index is 13.0. The molecule has 0 aromatic carbocycles. The highest BCUT2D eigenvalue weighted by Crippen LogP contribution is 2.24. The van der Waals surface area contributed by atoms with E-state index in [2.05, 4.69) is 20.2 Å². The van der Waals surface area contributed by atoms with Crippen LogP contribution in [0.3, 0.4) is 0 Å². The van der Waals surface area contributed by atoms with Gasteiger partial charge in [0.05, 0.1) is 0 Å². The quantitative estimate of drug-likeness (QED) is 0.826. The van der Waals surface area contributed by atoms with E-state index in [9.17, 15) is 9.59 Å². The van der Waals surface area contributed by atoms with Gasteiger partial charge in [0.2, 0.25) is 17.8 Å². The highest BCUT2D eigenvalue weighted by atomic mass is 16.2. The van der Waals surface area contributed by atoms with Gasteiger partial charge in [-0.25, -0.2) is 9.97 Å². The molecule has 1 aliphatic carbocycles. The van der Waals surface area contributed by atoms with Gasteiger partial charge in [0.1, 0.15) is 5.41 Å². The lowest BCUT2D eigenvalue weighted by Gasteiger charge is -2.38. The maximum Gasteiger partial charge on any atom is 0.237 e. The molecule has 2 amide bonds. The van der Waals surface area contributed by atoms with Crippen LogP contribution in [0.2, 0.25) is 0 Å². The van der Waals surface area contributed by atoms with E-state index in [-0.39, 0.29) is 17.9 Å². The van der Waals surface area contributed by atoms with Crippen LogP contribution >= 0.6 is 0 Å². The molecule has 0 unspecified atom stereocenters. The molecule has 1 aliphatic heterocycles. The van der Waals surface area contributed by atoms with Gasteiger partial charge in [-0.15, -0.1) is 0 Å². The molecule has 2 fully saturated rings. The van der Waals surface area contributed by atoms with Gasteiger partial charge in [0, 0.05) is 44.6 Å². The molecule has 2 heterocycles. The lowest BCUT2D eigenvalue weighted by atomic mass is 9.88. The standard InChI is InChI=1S/C19H29N5O2/c1-19(2,16(25)22-15-7-4-3-5-8-15)17(26)23-11-13-24(14-12-23)18-20-9-6-10-21-18/h6,9-10,15H,3-5,7-8,11-14H2,1-2H3,(H,22,25). The third kappa shape index (κ3) is 4.14. The van der Waals surface area contributed by atoms with Crippen LogP contribution in [0, 0.1) is 5.41 Å². The Morgan fingerprint density at radius 3 is 2.27 bits per heavy atom. The molecule has 1 N–H and O–H groups in total. The number of anilines is 1. The van der Waals surface area contributed by atoms with E-state index in [4.69, 9.17) is 0 Å². The molecular weight excluding hydrogens is 330 g/mol. The number of carbonyl (C=O) groups excluding carboxylic acids is 2. The fraction of sp³-hybridized carbons (Fsp3) is 0.684. The summed E-state index contributed by atoms with van der Waals surface area (Å²) in [5.41, 5.74) is -1.04. The van der Waals surface area contributed by atoms with E-state index < -0.39 is 5.41 Å². The minimum atomic E-state index is -1.04. The van der Waals surface area contributed by atoms with Crippen molar-refractivity contribution in [2.45, 2.75) is 52.0 Å². The zero-order valence-electron chi connectivity index (χ0n) is 15.8. The number of piperazine rings is 1. The second-order valence-electron chi connectivity index (χ2n) is 7.76. The predicted molar refractivity (Wildman–Crippen MR) is 99.6 cm³/mol. The van der Waals surface area contributed by atoms with E-state index in [1.165, 1.54) is 6.42 Å². The maximum atomic E-state index is 13.0. The van der Waals surface area contributed by atoms with Crippen LogP contribution in [-0.2, 0) is 9.59 Å². The number of nitrogens with zero attached hydrogens (tertiary/aromatic N) is 4. The van der Waals surface area contributed by atoms with Crippen molar-refractivity contribution < 1.29 is 9.59 Å². The molecule has 7 nitrogen and oxygen atoms in total. The van der Waals surface area contributed by atoms with Crippen molar-refractivity contribution in [3.8, 4) is 0 Å². The summed E-state index contributed by atoms with van der Waals surface area (Å²) < 4.78 is 0. The van der Waals surface area contributed by atoms with Crippen LogP contribution in [0.1, 0.15) is 46.0 Å². The summed E-state index contributed by atoms with van der Waals surface area (Å²) in [5.74, 6) is 0.441. The Kier molecular flexibility index (Phi) is 5.74. The van der Waals surface area contributed by atoms with Crippen molar-refractivity contribution in [1.29, 1.82) is 0 Å². The van der Waals surface area contributed by atoms with E-state index in [1.807, 2.05) is 0 Å². The highest BCUT2D eigenvalue weighted by molar-refractivity contribution is 6.04. The molecule has 0 spiro atoms. The summed E-state index contributed by atoms with van der Waals surface area (Å²) in [5, 5.41) is 3.10. The molecule has 1 saturated heterocycles. The molecule has 0 bridgehead atoms. The van der Waals surface area contributed by atoms with E-state index >= 15 is 0 Å². The zero-order chi connectivity index (χ0) is 18.6. The van der Waals surface area contributed by atoms with Crippen molar-refractivity contribution >= 4 is 17.8 Å². The first-order valence-corrected chi connectivity index (χ1v) is 9.61. The van der Waals surface area contributed by atoms with Gasteiger partial charge < -0.3 is 15.1 Å². The summed E-state index contributed by atoms with van der Waals surface area (Å²) in [7, 11) is 0. The average Bonchev–Trinajstić information content (AvgIpc) is 2.69. The molecule has 0 radical (unpaired) electrons. The third-order valence-corrected chi connectivity index (χ3v) is 5.44. The smallest absolute Gasteiger partial charge is 0.237 e. The van der Waals surface area contributed by atoms with Crippen molar-refractivity contribution in [1.82, 2.24) is 20.2 Å². The van der Waals surface area contributed by atoms with Crippen LogP contribution in [0.15, 0.2) is 18.5 Å². The molecule has 1 aromatic rings. The summed E-state index contributed by atoms with van der Waals surface area (Å²) in [6, 6.07) is 2.01. The van der Waals surface area contributed by atoms with E-state index in [1.54, 1.807) is 37.2 Å². The largest absolute Gasteiger partial charge is 0.352 e. The number of nitrogens with one attached hydrogen (secondary N) is 1. The second kappa shape index (κ2) is 8.01. The van der Waals surface area contributed by atoms with E-state index in [0.717, 1.165) is 25.7 Å². The number of carbonyl (C=O) groups is 2. The summed E-state index contributed by atoms with van der Waals surface area (Å²) in [4.78, 5) is 38.1. The van der Waals surface area contributed by atoms with Crippen LogP contribution < -0.4 is 10.2 Å². The fourth-order valence-electron chi connectivity index (χ4n) is 3.67. The van der Waals surface area contributed by atoms with Gasteiger partial charge in [0.25, 0.3) is 0 Å². The number of aromatic nitrogens is 2. The Morgan fingerprint density at radius 2 is 1.65 bits per heavy atom. The van der Waals surface area contributed by atoms with E-state index in [0.29, 0.717) is 32.1 Å².